The van der Waals surface area contributed by atoms with E-state index in [4.69, 9.17) is 4.42 Å². The highest BCUT2D eigenvalue weighted by atomic mass is 16.3. The van der Waals surface area contributed by atoms with Crippen LogP contribution < -0.4 is 0 Å². The molecule has 1 heteroatoms. The van der Waals surface area contributed by atoms with Gasteiger partial charge in [-0.1, -0.05) is 127 Å². The number of hydrogen-bond acceptors (Lipinski definition) is 1. The Balaban J connectivity index is 1.38. The molecule has 0 bridgehead atoms. The number of rotatable bonds is 2. The number of hydrogen-bond donors (Lipinski definition) is 0. The maximum Gasteiger partial charge on any atom is 0.136 e. The van der Waals surface area contributed by atoms with E-state index >= 15 is 0 Å². The van der Waals surface area contributed by atoms with Crippen LogP contribution in [0.1, 0.15) is 0 Å². The third-order valence-electron chi connectivity index (χ3n) is 8.64. The van der Waals surface area contributed by atoms with Crippen molar-refractivity contribution in [3.8, 4) is 22.3 Å². The molecule has 0 saturated carbocycles. The molecular formula is C40H24O. The molecule has 0 aliphatic heterocycles. The van der Waals surface area contributed by atoms with Crippen molar-refractivity contribution < 1.29 is 4.42 Å². The highest BCUT2D eigenvalue weighted by Crippen LogP contribution is 2.46. The van der Waals surface area contributed by atoms with Gasteiger partial charge in [-0.2, -0.15) is 0 Å². The SMILES string of the molecule is c1ccc2c(-c3c4ccccc4c(-c4ccc5c(c4)oc4ccc6ccccc6c45)c4ccccc34)cccc2c1. The van der Waals surface area contributed by atoms with E-state index in [1.165, 1.54) is 65.2 Å². The Kier molecular flexibility index (Phi) is 4.67. The normalized spacial score (nSPS) is 11.9. The molecule has 1 nitrogen and oxygen atoms in total. The maximum atomic E-state index is 6.49. The third kappa shape index (κ3) is 3.24. The van der Waals surface area contributed by atoms with E-state index in [0.29, 0.717) is 0 Å². The Hall–Kier alpha value is -5.40. The summed E-state index contributed by atoms with van der Waals surface area (Å²) in [5, 5.41) is 12.3. The number of furan rings is 1. The molecule has 0 unspecified atom stereocenters. The lowest BCUT2D eigenvalue weighted by molar-refractivity contribution is 0.669. The van der Waals surface area contributed by atoms with Crippen LogP contribution in [0.5, 0.6) is 0 Å². The van der Waals surface area contributed by atoms with Gasteiger partial charge in [-0.15, -0.1) is 0 Å². The summed E-state index contributed by atoms with van der Waals surface area (Å²) < 4.78 is 6.49. The van der Waals surface area contributed by atoms with Gasteiger partial charge in [0.1, 0.15) is 11.2 Å². The molecule has 0 aliphatic rings. The summed E-state index contributed by atoms with van der Waals surface area (Å²) in [6.07, 6.45) is 0. The molecule has 1 aromatic heterocycles. The Morgan fingerprint density at radius 3 is 1.61 bits per heavy atom. The van der Waals surface area contributed by atoms with Crippen LogP contribution in [0, 0.1) is 0 Å². The summed E-state index contributed by atoms with van der Waals surface area (Å²) in [7, 11) is 0. The predicted molar refractivity (Wildman–Crippen MR) is 175 cm³/mol. The fourth-order valence-electron chi connectivity index (χ4n) is 6.87. The second kappa shape index (κ2) is 8.55. The van der Waals surface area contributed by atoms with Crippen molar-refractivity contribution in [1.29, 1.82) is 0 Å². The van der Waals surface area contributed by atoms with Gasteiger partial charge < -0.3 is 4.42 Å². The van der Waals surface area contributed by atoms with E-state index in [9.17, 15) is 0 Å². The van der Waals surface area contributed by atoms with Gasteiger partial charge in [-0.3, -0.25) is 0 Å². The van der Waals surface area contributed by atoms with Crippen molar-refractivity contribution in [2.24, 2.45) is 0 Å². The first kappa shape index (κ1) is 22.4. The molecule has 0 fully saturated rings. The molecule has 9 rings (SSSR count). The Bertz CT molecular complexity index is 2410. The highest BCUT2D eigenvalue weighted by molar-refractivity contribution is 6.24. The van der Waals surface area contributed by atoms with E-state index in [1.54, 1.807) is 0 Å². The topological polar surface area (TPSA) is 13.1 Å². The van der Waals surface area contributed by atoms with E-state index in [1.807, 2.05) is 0 Å². The second-order valence-corrected chi connectivity index (χ2v) is 10.8. The zero-order chi connectivity index (χ0) is 26.9. The van der Waals surface area contributed by atoms with Crippen LogP contribution in [0.15, 0.2) is 150 Å². The van der Waals surface area contributed by atoms with Crippen LogP contribution in [-0.2, 0) is 0 Å². The van der Waals surface area contributed by atoms with Crippen LogP contribution in [0.25, 0.3) is 87.3 Å². The summed E-state index contributed by atoms with van der Waals surface area (Å²) in [6.45, 7) is 0. The summed E-state index contributed by atoms with van der Waals surface area (Å²) in [6, 6.07) is 52.5. The van der Waals surface area contributed by atoms with Crippen LogP contribution >= 0.6 is 0 Å². The molecule has 0 N–H and O–H groups in total. The van der Waals surface area contributed by atoms with Gasteiger partial charge in [0.05, 0.1) is 0 Å². The molecule has 8 aromatic carbocycles. The van der Waals surface area contributed by atoms with E-state index < -0.39 is 0 Å². The lowest BCUT2D eigenvalue weighted by Gasteiger charge is -2.18. The van der Waals surface area contributed by atoms with Crippen molar-refractivity contribution in [3.05, 3.63) is 146 Å². The summed E-state index contributed by atoms with van der Waals surface area (Å²) in [4.78, 5) is 0. The molecule has 0 spiro atoms. The molecule has 0 saturated heterocycles. The maximum absolute atomic E-state index is 6.49. The Morgan fingerprint density at radius 2 is 0.902 bits per heavy atom. The molecule has 9 aromatic rings. The van der Waals surface area contributed by atoms with Gasteiger partial charge in [0.25, 0.3) is 0 Å². The molecule has 0 aliphatic carbocycles. The fraction of sp³-hybridized carbons (Fsp3) is 0. The third-order valence-corrected chi connectivity index (χ3v) is 8.64. The van der Waals surface area contributed by atoms with Crippen molar-refractivity contribution in [1.82, 2.24) is 0 Å². The zero-order valence-electron chi connectivity index (χ0n) is 22.3. The minimum Gasteiger partial charge on any atom is -0.456 e. The van der Waals surface area contributed by atoms with E-state index in [0.717, 1.165) is 22.1 Å². The van der Waals surface area contributed by atoms with Crippen LogP contribution in [0.3, 0.4) is 0 Å². The first-order chi connectivity index (χ1) is 20.3. The predicted octanol–water partition coefficient (Wildman–Crippen LogP) is 11.5. The standard InChI is InChI=1S/C40H24O/c1-3-13-28-25(10-1)12-9-19-30(28)39-33-17-7-5-15-31(33)38(32-16-6-8-18-34(32)39)27-20-22-35-37(24-27)41-36-23-21-26-11-2-4-14-29(26)40(35)36/h1-24H. The molecule has 0 radical (unpaired) electrons. The first-order valence-corrected chi connectivity index (χ1v) is 14.1. The molecular weight excluding hydrogens is 496 g/mol. The van der Waals surface area contributed by atoms with Crippen molar-refractivity contribution in [2.45, 2.75) is 0 Å². The van der Waals surface area contributed by atoms with E-state index in [2.05, 4.69) is 146 Å². The average molecular weight is 521 g/mol. The Morgan fingerprint density at radius 1 is 0.341 bits per heavy atom. The van der Waals surface area contributed by atoms with Crippen LogP contribution in [-0.4, -0.2) is 0 Å². The lowest BCUT2D eigenvalue weighted by Crippen LogP contribution is -1.91. The average Bonchev–Trinajstić information content (AvgIpc) is 3.42. The fourth-order valence-corrected chi connectivity index (χ4v) is 6.87. The minimum absolute atomic E-state index is 0.917. The molecule has 0 amide bonds. The van der Waals surface area contributed by atoms with Gasteiger partial charge in [0.2, 0.25) is 0 Å². The first-order valence-electron chi connectivity index (χ1n) is 14.1. The summed E-state index contributed by atoms with van der Waals surface area (Å²) >= 11 is 0. The lowest BCUT2D eigenvalue weighted by atomic mass is 9.84. The molecule has 41 heavy (non-hydrogen) atoms. The smallest absolute Gasteiger partial charge is 0.136 e. The Labute approximate surface area is 236 Å². The van der Waals surface area contributed by atoms with E-state index in [-0.39, 0.29) is 0 Å². The molecule has 190 valence electrons. The quantitative estimate of drug-likeness (QED) is 0.207. The monoisotopic (exact) mass is 520 g/mol. The zero-order valence-corrected chi connectivity index (χ0v) is 22.3. The molecule has 1 heterocycles. The van der Waals surface area contributed by atoms with Crippen molar-refractivity contribution in [3.63, 3.8) is 0 Å². The summed E-state index contributed by atoms with van der Waals surface area (Å²) in [5.74, 6) is 0. The van der Waals surface area contributed by atoms with Gasteiger partial charge >= 0.3 is 0 Å². The van der Waals surface area contributed by atoms with Crippen LogP contribution in [0.4, 0.5) is 0 Å². The van der Waals surface area contributed by atoms with Crippen molar-refractivity contribution >= 4 is 65.0 Å². The largest absolute Gasteiger partial charge is 0.456 e. The number of fused-ring (bicyclic) bond motifs is 8. The molecule has 0 atom stereocenters. The van der Waals surface area contributed by atoms with Gasteiger partial charge in [-0.25, -0.2) is 0 Å². The van der Waals surface area contributed by atoms with Gasteiger partial charge in [-0.05, 0) is 83.5 Å². The van der Waals surface area contributed by atoms with Gasteiger partial charge in [0.15, 0.2) is 0 Å². The number of benzene rings is 8. The second-order valence-electron chi connectivity index (χ2n) is 10.8. The van der Waals surface area contributed by atoms with Crippen molar-refractivity contribution in [2.75, 3.05) is 0 Å². The minimum atomic E-state index is 0.917. The highest BCUT2D eigenvalue weighted by Gasteiger charge is 2.19. The summed E-state index contributed by atoms with van der Waals surface area (Å²) in [5.41, 5.74) is 6.80. The van der Waals surface area contributed by atoms with Crippen LogP contribution in [0.2, 0.25) is 0 Å². The van der Waals surface area contributed by atoms with Gasteiger partial charge in [0, 0.05) is 10.8 Å².